The number of furan rings is 1. The molecule has 0 radical (unpaired) electrons. The fourth-order valence-electron chi connectivity index (χ4n) is 2.29. The van der Waals surface area contributed by atoms with Crippen molar-refractivity contribution >= 4 is 0 Å². The first-order chi connectivity index (χ1) is 10.3. The van der Waals surface area contributed by atoms with Gasteiger partial charge in [-0.15, -0.1) is 0 Å². The predicted octanol–water partition coefficient (Wildman–Crippen LogP) is 4.63. The van der Waals surface area contributed by atoms with Gasteiger partial charge in [-0.1, -0.05) is 24.3 Å². The van der Waals surface area contributed by atoms with Crippen LogP contribution in [0.3, 0.4) is 0 Å². The molecule has 0 atom stereocenters. The van der Waals surface area contributed by atoms with E-state index in [0.29, 0.717) is 0 Å². The Morgan fingerprint density at radius 1 is 0.619 bits per heavy atom. The van der Waals surface area contributed by atoms with Crippen LogP contribution in [0.25, 0.3) is 22.3 Å². The second-order valence-electron chi connectivity index (χ2n) is 4.66. The van der Waals surface area contributed by atoms with Crippen LogP contribution in [0.1, 0.15) is 0 Å². The molecule has 0 fully saturated rings. The molecule has 1 heterocycles. The molecule has 0 aliphatic rings. The molecular formula is C18H16O3. The van der Waals surface area contributed by atoms with Crippen molar-refractivity contribution in [2.45, 2.75) is 0 Å². The summed E-state index contributed by atoms with van der Waals surface area (Å²) < 4.78 is 15.8. The minimum Gasteiger partial charge on any atom is -0.497 e. The smallest absolute Gasteiger partial charge is 0.118 e. The summed E-state index contributed by atoms with van der Waals surface area (Å²) in [5, 5.41) is 0. The van der Waals surface area contributed by atoms with E-state index in [0.717, 1.165) is 33.8 Å². The fourth-order valence-corrected chi connectivity index (χ4v) is 2.29. The van der Waals surface area contributed by atoms with Gasteiger partial charge in [0.25, 0.3) is 0 Å². The highest BCUT2D eigenvalue weighted by atomic mass is 16.5. The van der Waals surface area contributed by atoms with Gasteiger partial charge in [0.05, 0.1) is 26.7 Å². The predicted molar refractivity (Wildman–Crippen MR) is 82.7 cm³/mol. The molecule has 2 aromatic carbocycles. The molecule has 3 heteroatoms. The third-order valence-corrected chi connectivity index (χ3v) is 3.46. The van der Waals surface area contributed by atoms with E-state index in [1.165, 1.54) is 0 Å². The highest BCUT2D eigenvalue weighted by molar-refractivity contribution is 5.82. The Morgan fingerprint density at radius 2 is 1.00 bits per heavy atom. The van der Waals surface area contributed by atoms with Gasteiger partial charge < -0.3 is 13.9 Å². The number of hydrogen-bond donors (Lipinski definition) is 0. The van der Waals surface area contributed by atoms with Crippen LogP contribution in [0.15, 0.2) is 65.5 Å². The van der Waals surface area contributed by atoms with E-state index in [4.69, 9.17) is 13.9 Å². The standard InChI is InChI=1S/C18H16O3/c1-19-15-7-3-13(4-8-15)17-11-21-12-18(17)14-5-9-16(20-2)10-6-14/h3-12H,1-2H3. The lowest BCUT2D eigenvalue weighted by Gasteiger charge is -2.06. The van der Waals surface area contributed by atoms with E-state index in [1.807, 2.05) is 48.5 Å². The maximum atomic E-state index is 5.41. The van der Waals surface area contributed by atoms with E-state index < -0.39 is 0 Å². The van der Waals surface area contributed by atoms with Gasteiger partial charge in [0.1, 0.15) is 11.5 Å². The van der Waals surface area contributed by atoms with Crippen LogP contribution in [-0.4, -0.2) is 14.2 Å². The molecule has 0 unspecified atom stereocenters. The summed E-state index contributed by atoms with van der Waals surface area (Å²) in [5.41, 5.74) is 4.30. The van der Waals surface area contributed by atoms with Crippen molar-refractivity contribution in [2.75, 3.05) is 14.2 Å². The van der Waals surface area contributed by atoms with Crippen molar-refractivity contribution in [1.29, 1.82) is 0 Å². The molecule has 3 nitrogen and oxygen atoms in total. The topological polar surface area (TPSA) is 31.6 Å². The number of ether oxygens (including phenoxy) is 2. The average Bonchev–Trinajstić information content (AvgIpc) is 3.04. The first-order valence-electron chi connectivity index (χ1n) is 6.67. The van der Waals surface area contributed by atoms with Crippen molar-refractivity contribution in [1.82, 2.24) is 0 Å². The lowest BCUT2D eigenvalue weighted by atomic mass is 9.99. The van der Waals surface area contributed by atoms with Crippen LogP contribution in [0, 0.1) is 0 Å². The Balaban J connectivity index is 1.99. The molecule has 1 aromatic heterocycles. The molecule has 0 saturated carbocycles. The van der Waals surface area contributed by atoms with Gasteiger partial charge in [-0.05, 0) is 35.4 Å². The minimum atomic E-state index is 0.841. The maximum absolute atomic E-state index is 5.41. The molecular weight excluding hydrogens is 264 g/mol. The summed E-state index contributed by atoms with van der Waals surface area (Å²) >= 11 is 0. The van der Waals surface area contributed by atoms with Crippen LogP contribution in [0.5, 0.6) is 11.5 Å². The molecule has 0 spiro atoms. The van der Waals surface area contributed by atoms with Gasteiger partial charge in [0.2, 0.25) is 0 Å². The Bertz CT molecular complexity index is 647. The zero-order valence-corrected chi connectivity index (χ0v) is 12.0. The normalized spacial score (nSPS) is 10.4. The summed E-state index contributed by atoms with van der Waals surface area (Å²) in [6.45, 7) is 0. The SMILES string of the molecule is COc1ccc(-c2cocc2-c2ccc(OC)cc2)cc1. The molecule has 0 aliphatic heterocycles. The number of hydrogen-bond acceptors (Lipinski definition) is 3. The van der Waals surface area contributed by atoms with Crippen LogP contribution in [0.2, 0.25) is 0 Å². The molecule has 21 heavy (non-hydrogen) atoms. The zero-order valence-electron chi connectivity index (χ0n) is 12.0. The maximum Gasteiger partial charge on any atom is 0.118 e. The molecule has 3 rings (SSSR count). The molecule has 0 aliphatic carbocycles. The Morgan fingerprint density at radius 3 is 1.33 bits per heavy atom. The van der Waals surface area contributed by atoms with Gasteiger partial charge >= 0.3 is 0 Å². The van der Waals surface area contributed by atoms with E-state index in [2.05, 4.69) is 0 Å². The molecule has 0 N–H and O–H groups in total. The third kappa shape index (κ3) is 2.63. The van der Waals surface area contributed by atoms with Crippen molar-refractivity contribution in [3.8, 4) is 33.8 Å². The van der Waals surface area contributed by atoms with Gasteiger partial charge in [-0.2, -0.15) is 0 Å². The molecule has 0 amide bonds. The van der Waals surface area contributed by atoms with E-state index in [1.54, 1.807) is 26.7 Å². The van der Waals surface area contributed by atoms with Crippen molar-refractivity contribution in [3.05, 3.63) is 61.1 Å². The van der Waals surface area contributed by atoms with Crippen molar-refractivity contribution < 1.29 is 13.9 Å². The van der Waals surface area contributed by atoms with Crippen LogP contribution < -0.4 is 9.47 Å². The van der Waals surface area contributed by atoms with E-state index in [-0.39, 0.29) is 0 Å². The summed E-state index contributed by atoms with van der Waals surface area (Å²) in [4.78, 5) is 0. The summed E-state index contributed by atoms with van der Waals surface area (Å²) in [6, 6.07) is 15.9. The highest BCUT2D eigenvalue weighted by Gasteiger charge is 2.10. The number of methoxy groups -OCH3 is 2. The van der Waals surface area contributed by atoms with E-state index >= 15 is 0 Å². The second-order valence-corrected chi connectivity index (χ2v) is 4.66. The van der Waals surface area contributed by atoms with Crippen LogP contribution in [-0.2, 0) is 0 Å². The monoisotopic (exact) mass is 280 g/mol. The van der Waals surface area contributed by atoms with Gasteiger partial charge in [0.15, 0.2) is 0 Å². The van der Waals surface area contributed by atoms with E-state index in [9.17, 15) is 0 Å². The van der Waals surface area contributed by atoms with Gasteiger partial charge in [0, 0.05) is 11.1 Å². The first kappa shape index (κ1) is 13.3. The molecule has 0 bridgehead atoms. The second kappa shape index (κ2) is 5.75. The zero-order chi connectivity index (χ0) is 14.7. The average molecular weight is 280 g/mol. The third-order valence-electron chi connectivity index (χ3n) is 3.46. The van der Waals surface area contributed by atoms with Gasteiger partial charge in [-0.3, -0.25) is 0 Å². The molecule has 3 aromatic rings. The highest BCUT2D eigenvalue weighted by Crippen LogP contribution is 2.34. The molecule has 106 valence electrons. The van der Waals surface area contributed by atoms with Crippen molar-refractivity contribution in [2.24, 2.45) is 0 Å². The largest absolute Gasteiger partial charge is 0.497 e. The fraction of sp³-hybridized carbons (Fsp3) is 0.111. The Labute approximate surface area is 123 Å². The lowest BCUT2D eigenvalue weighted by molar-refractivity contribution is 0.414. The van der Waals surface area contributed by atoms with Crippen LogP contribution in [0.4, 0.5) is 0 Å². The summed E-state index contributed by atoms with van der Waals surface area (Å²) in [5.74, 6) is 1.68. The number of benzene rings is 2. The molecule has 0 saturated heterocycles. The minimum absolute atomic E-state index is 0.841. The lowest BCUT2D eigenvalue weighted by Crippen LogP contribution is -1.84. The van der Waals surface area contributed by atoms with Crippen LogP contribution >= 0.6 is 0 Å². The number of rotatable bonds is 4. The summed E-state index contributed by atoms with van der Waals surface area (Å²) in [6.07, 6.45) is 3.53. The quantitative estimate of drug-likeness (QED) is 0.698. The Kier molecular flexibility index (Phi) is 3.65. The first-order valence-corrected chi connectivity index (χ1v) is 6.67. The Hall–Kier alpha value is -2.68. The van der Waals surface area contributed by atoms with Gasteiger partial charge in [-0.25, -0.2) is 0 Å². The van der Waals surface area contributed by atoms with Crippen molar-refractivity contribution in [3.63, 3.8) is 0 Å². The summed E-state index contributed by atoms with van der Waals surface area (Å²) in [7, 11) is 3.32.